The molecule has 11 heteroatoms. The summed E-state index contributed by atoms with van der Waals surface area (Å²) >= 11 is 11.9. The summed E-state index contributed by atoms with van der Waals surface area (Å²) in [5.74, 6) is 0.897. The molecule has 0 aliphatic carbocycles. The molecule has 0 saturated heterocycles. The van der Waals surface area contributed by atoms with E-state index in [2.05, 4.69) is 20.2 Å². The highest BCUT2D eigenvalue weighted by Crippen LogP contribution is 2.28. The molecule has 0 bridgehead atoms. The fourth-order valence-corrected chi connectivity index (χ4v) is 5.28. The summed E-state index contributed by atoms with van der Waals surface area (Å²) in [6.07, 6.45) is 1.86. The van der Waals surface area contributed by atoms with Crippen LogP contribution in [-0.2, 0) is 38.8 Å². The van der Waals surface area contributed by atoms with E-state index in [-0.39, 0.29) is 22.4 Å². The number of hydrogen-bond donors (Lipinski definition) is 2. The third-order valence-corrected chi connectivity index (χ3v) is 7.42. The molecule has 3 aromatic rings. The van der Waals surface area contributed by atoms with Gasteiger partial charge in [-0.1, -0.05) is 51.7 Å². The molecule has 2 heterocycles. The predicted octanol–water partition coefficient (Wildman–Crippen LogP) is 3.12. The van der Waals surface area contributed by atoms with Crippen molar-refractivity contribution in [3.05, 3.63) is 75.8 Å². The normalized spacial score (nSPS) is 17.0. The van der Waals surface area contributed by atoms with E-state index in [1.807, 2.05) is 24.3 Å². The van der Waals surface area contributed by atoms with Crippen molar-refractivity contribution in [3.8, 4) is 0 Å². The molecule has 0 spiro atoms. The number of benzene rings is 2. The van der Waals surface area contributed by atoms with Crippen LogP contribution < -0.4 is 10.0 Å². The summed E-state index contributed by atoms with van der Waals surface area (Å²) in [6.45, 7) is 0.373. The second kappa shape index (κ2) is 9.68. The SMILES string of the molecule is O=C(NCCc1ccc(Cl)cc1)C1CCc2nnc(CN[S+](=O)([O-])c3ccccc3Cl)n21. The monoisotopic (exact) mass is 493 g/mol. The molecule has 1 aliphatic rings. The van der Waals surface area contributed by atoms with E-state index >= 15 is 0 Å². The van der Waals surface area contributed by atoms with Gasteiger partial charge in [-0.25, -0.2) is 0 Å². The molecular formula is C21H21Cl2N5O3S. The molecule has 0 saturated carbocycles. The fraction of sp³-hybridized carbons (Fsp3) is 0.286. The zero-order chi connectivity index (χ0) is 22.7. The first-order valence-corrected chi connectivity index (χ1v) is 12.3. The Balaban J connectivity index is 1.39. The molecule has 2 atom stereocenters. The summed E-state index contributed by atoms with van der Waals surface area (Å²) in [5.41, 5.74) is 1.07. The third kappa shape index (κ3) is 5.02. The van der Waals surface area contributed by atoms with Crippen LogP contribution in [0.2, 0.25) is 10.0 Å². The zero-order valence-electron chi connectivity index (χ0n) is 17.0. The van der Waals surface area contributed by atoms with Crippen LogP contribution in [0.25, 0.3) is 0 Å². The van der Waals surface area contributed by atoms with Crippen molar-refractivity contribution in [2.75, 3.05) is 6.54 Å². The highest BCUT2D eigenvalue weighted by Gasteiger charge is 2.33. The Kier molecular flexibility index (Phi) is 6.92. The van der Waals surface area contributed by atoms with Gasteiger partial charge in [-0.05, 0) is 42.7 Å². The fourth-order valence-electron chi connectivity index (χ4n) is 3.65. The second-order valence-corrected chi connectivity index (χ2v) is 9.96. The number of aromatic nitrogens is 3. The summed E-state index contributed by atoms with van der Waals surface area (Å²) < 4.78 is 29.5. The van der Waals surface area contributed by atoms with Crippen molar-refractivity contribution < 1.29 is 13.6 Å². The average molecular weight is 494 g/mol. The topological polar surface area (TPSA) is 112 Å². The van der Waals surface area contributed by atoms with E-state index in [4.69, 9.17) is 23.2 Å². The number of aryl methyl sites for hydroxylation is 1. The average Bonchev–Trinajstić information content (AvgIpc) is 3.36. The van der Waals surface area contributed by atoms with Crippen LogP contribution in [0.15, 0.2) is 53.4 Å². The summed E-state index contributed by atoms with van der Waals surface area (Å²) in [5, 5.41) is 11.9. The molecule has 2 unspecified atom stereocenters. The molecule has 1 amide bonds. The minimum atomic E-state index is -3.84. The number of rotatable bonds is 8. The van der Waals surface area contributed by atoms with E-state index in [0.717, 1.165) is 5.56 Å². The summed E-state index contributed by atoms with van der Waals surface area (Å²) in [6, 6.07) is 13.2. The Morgan fingerprint density at radius 3 is 2.66 bits per heavy atom. The van der Waals surface area contributed by atoms with Crippen LogP contribution in [-0.4, -0.2) is 31.8 Å². The van der Waals surface area contributed by atoms with Gasteiger partial charge in [-0.15, -0.1) is 14.9 Å². The third-order valence-electron chi connectivity index (χ3n) is 5.27. The Bertz CT molecular complexity index is 1170. The Morgan fingerprint density at radius 2 is 1.91 bits per heavy atom. The number of amides is 1. The Hall–Kier alpha value is -2.30. The van der Waals surface area contributed by atoms with Crippen LogP contribution in [0.1, 0.15) is 29.7 Å². The van der Waals surface area contributed by atoms with Crippen LogP contribution in [0.3, 0.4) is 0 Å². The number of nitrogens with zero attached hydrogens (tertiary/aromatic N) is 3. The van der Waals surface area contributed by atoms with Crippen molar-refractivity contribution in [3.63, 3.8) is 0 Å². The molecule has 0 radical (unpaired) electrons. The van der Waals surface area contributed by atoms with Crippen molar-refractivity contribution in [2.45, 2.75) is 36.7 Å². The van der Waals surface area contributed by atoms with Gasteiger partial charge in [0.25, 0.3) is 0 Å². The smallest absolute Gasteiger partial charge is 0.243 e. The number of sulfonamides is 1. The lowest BCUT2D eigenvalue weighted by Gasteiger charge is -2.18. The van der Waals surface area contributed by atoms with E-state index in [1.54, 1.807) is 16.7 Å². The molecule has 0 fully saturated rings. The minimum Gasteiger partial charge on any atom is -0.593 e. The van der Waals surface area contributed by atoms with E-state index in [1.165, 1.54) is 12.1 Å². The summed E-state index contributed by atoms with van der Waals surface area (Å²) in [4.78, 5) is 12.8. The molecule has 1 aliphatic heterocycles. The molecular weight excluding hydrogens is 473 g/mol. The second-order valence-electron chi connectivity index (χ2n) is 7.38. The van der Waals surface area contributed by atoms with Crippen molar-refractivity contribution in [1.29, 1.82) is 0 Å². The number of nitrogens with one attached hydrogen (secondary N) is 2. The van der Waals surface area contributed by atoms with Gasteiger partial charge in [-0.3, -0.25) is 4.79 Å². The lowest BCUT2D eigenvalue weighted by molar-refractivity contribution is -0.124. The molecule has 4 rings (SSSR count). The van der Waals surface area contributed by atoms with Gasteiger partial charge in [0.15, 0.2) is 21.1 Å². The molecule has 8 nitrogen and oxygen atoms in total. The highest BCUT2D eigenvalue weighted by molar-refractivity contribution is 7.95. The van der Waals surface area contributed by atoms with Crippen molar-refractivity contribution >= 4 is 39.5 Å². The number of carbonyl (C=O) groups excluding carboxylic acids is 1. The van der Waals surface area contributed by atoms with Gasteiger partial charge in [0, 0.05) is 18.0 Å². The number of fused-ring (bicyclic) bond motifs is 1. The van der Waals surface area contributed by atoms with Gasteiger partial charge >= 0.3 is 0 Å². The van der Waals surface area contributed by atoms with E-state index < -0.39 is 16.4 Å². The quantitative estimate of drug-likeness (QED) is 0.468. The molecule has 2 aromatic carbocycles. The first-order chi connectivity index (χ1) is 15.3. The number of hydrogen-bond acceptors (Lipinski definition) is 5. The van der Waals surface area contributed by atoms with Crippen LogP contribution in [0.5, 0.6) is 0 Å². The van der Waals surface area contributed by atoms with Crippen molar-refractivity contribution in [1.82, 2.24) is 24.8 Å². The molecule has 2 N–H and O–H groups in total. The number of carbonyl (C=O) groups is 1. The van der Waals surface area contributed by atoms with E-state index in [0.29, 0.717) is 42.5 Å². The van der Waals surface area contributed by atoms with Crippen LogP contribution in [0, 0.1) is 0 Å². The minimum absolute atomic E-state index is 0.0145. The van der Waals surface area contributed by atoms with Gasteiger partial charge in [0.2, 0.25) is 5.91 Å². The molecule has 32 heavy (non-hydrogen) atoms. The largest absolute Gasteiger partial charge is 0.593 e. The molecule has 1 aromatic heterocycles. The predicted molar refractivity (Wildman–Crippen MR) is 121 cm³/mol. The maximum atomic E-state index is 12.8. The lowest BCUT2D eigenvalue weighted by Crippen LogP contribution is -2.35. The standard InChI is InChI=1S/C21H21Cl2N5O3S/c22-15-7-5-14(6-8-15)11-12-24-21(29)17-9-10-19-26-27-20(28(17)19)13-25-32(30,31)18-4-2-1-3-16(18)23/h1-8,17H,9-13H2,(H2-,24,25,29,30,31). The lowest BCUT2D eigenvalue weighted by atomic mass is 10.1. The van der Waals surface area contributed by atoms with Crippen molar-refractivity contribution in [2.24, 2.45) is 0 Å². The van der Waals surface area contributed by atoms with Gasteiger partial charge in [0.1, 0.15) is 18.4 Å². The van der Waals surface area contributed by atoms with Crippen LogP contribution >= 0.6 is 23.2 Å². The Labute approximate surface area is 196 Å². The maximum Gasteiger partial charge on any atom is 0.243 e. The highest BCUT2D eigenvalue weighted by atomic mass is 35.5. The zero-order valence-corrected chi connectivity index (χ0v) is 19.3. The van der Waals surface area contributed by atoms with Gasteiger partial charge in [0.05, 0.1) is 5.02 Å². The summed E-state index contributed by atoms with van der Waals surface area (Å²) in [7, 11) is -3.84. The van der Waals surface area contributed by atoms with Gasteiger partial charge < -0.3 is 14.4 Å². The number of halogens is 2. The van der Waals surface area contributed by atoms with Crippen LogP contribution in [0.4, 0.5) is 0 Å². The molecule has 168 valence electrons. The first-order valence-electron chi connectivity index (χ1n) is 10.0. The van der Waals surface area contributed by atoms with E-state index in [9.17, 15) is 13.6 Å². The first kappa shape index (κ1) is 22.9. The Morgan fingerprint density at radius 1 is 1.16 bits per heavy atom. The maximum absolute atomic E-state index is 12.8. The van der Waals surface area contributed by atoms with Gasteiger partial charge in [-0.2, -0.15) is 0 Å².